The summed E-state index contributed by atoms with van der Waals surface area (Å²) in [5, 5.41) is 0. The molecule has 2 heteroatoms. The fraction of sp³-hybridized carbons (Fsp3) is 0.750. The molecule has 0 bridgehead atoms. The minimum absolute atomic E-state index is 1.32. The van der Waals surface area contributed by atoms with E-state index in [2.05, 4.69) is 21.8 Å². The number of rotatable bonds is 0. The molecule has 10 heavy (non-hydrogen) atoms. The second kappa shape index (κ2) is 9.65. The van der Waals surface area contributed by atoms with E-state index in [0.29, 0.717) is 0 Å². The van der Waals surface area contributed by atoms with Gasteiger partial charge >= 0.3 is 27.0 Å². The number of hydrogen-bond donors (Lipinski definition) is 0. The molecular formula is C8H14ClRh. The number of allylic oxidation sites excluding steroid dienone is 2. The van der Waals surface area contributed by atoms with Crippen LogP contribution in [0.5, 0.6) is 0 Å². The molecule has 0 unspecified atom stereocenters. The molecule has 0 heterocycles. The van der Waals surface area contributed by atoms with Crippen molar-refractivity contribution in [2.75, 3.05) is 0 Å². The predicted molar refractivity (Wildman–Crippen MR) is 42.7 cm³/mol. The topological polar surface area (TPSA) is 0 Å². The maximum atomic E-state index is 4.53. The van der Waals surface area contributed by atoms with E-state index in [0.717, 1.165) is 0 Å². The van der Waals surface area contributed by atoms with Gasteiger partial charge in [-0.2, -0.15) is 0 Å². The van der Waals surface area contributed by atoms with Crippen molar-refractivity contribution in [1.82, 2.24) is 0 Å². The molecule has 0 amide bonds. The molecule has 0 nitrogen and oxygen atoms in total. The van der Waals surface area contributed by atoms with Crippen LogP contribution < -0.4 is 0 Å². The Hall–Kier alpha value is 0.653. The summed E-state index contributed by atoms with van der Waals surface area (Å²) in [6, 6.07) is 0. The second-order valence-corrected chi connectivity index (χ2v) is 2.46. The summed E-state index contributed by atoms with van der Waals surface area (Å²) in [7, 11) is 4.53. The molecule has 0 spiro atoms. The maximum absolute atomic E-state index is 4.53. The van der Waals surface area contributed by atoms with Crippen LogP contribution in [0.3, 0.4) is 0 Å². The normalized spacial score (nSPS) is 21.5. The molecule has 0 fully saturated rings. The molecule has 0 N–H and O–H groups in total. The average Bonchev–Trinajstić information content (AvgIpc) is 1.90. The number of hydrogen-bond acceptors (Lipinski definition) is 0. The third kappa shape index (κ3) is 6.77. The summed E-state index contributed by atoms with van der Waals surface area (Å²) in [5.41, 5.74) is 0. The molecule has 1 aliphatic carbocycles. The standard InChI is InChI=1S/C8H14.ClH.Rh/c1-2-4-6-8-7-5-3-1;;/h1-2H,3-8H2;1H;/q;;+1/p-1/b2-1-;;. The van der Waals surface area contributed by atoms with Gasteiger partial charge in [0, 0.05) is 0 Å². The molecular weight excluding hydrogens is 234 g/mol. The summed E-state index contributed by atoms with van der Waals surface area (Å²) in [6.07, 6.45) is 13.0. The van der Waals surface area contributed by atoms with Crippen molar-refractivity contribution in [1.29, 1.82) is 0 Å². The van der Waals surface area contributed by atoms with Crippen LogP contribution in [-0.2, 0) is 17.3 Å². The summed E-state index contributed by atoms with van der Waals surface area (Å²) < 4.78 is 0. The van der Waals surface area contributed by atoms with Crippen LogP contribution in [0, 0.1) is 0 Å². The molecule has 0 aromatic heterocycles. The van der Waals surface area contributed by atoms with E-state index in [1.807, 2.05) is 17.3 Å². The fourth-order valence-corrected chi connectivity index (χ4v) is 1.11. The van der Waals surface area contributed by atoms with Crippen LogP contribution in [-0.4, -0.2) is 0 Å². The summed E-state index contributed by atoms with van der Waals surface area (Å²) >= 11 is 2.02. The second-order valence-electron chi connectivity index (χ2n) is 2.46. The van der Waals surface area contributed by atoms with Crippen molar-refractivity contribution < 1.29 is 17.3 Å². The van der Waals surface area contributed by atoms with Crippen molar-refractivity contribution in [2.45, 2.75) is 38.5 Å². The van der Waals surface area contributed by atoms with Crippen molar-refractivity contribution in [3.05, 3.63) is 12.2 Å². The molecule has 0 saturated carbocycles. The van der Waals surface area contributed by atoms with E-state index >= 15 is 0 Å². The van der Waals surface area contributed by atoms with E-state index < -0.39 is 0 Å². The van der Waals surface area contributed by atoms with Gasteiger partial charge in [0.15, 0.2) is 0 Å². The summed E-state index contributed by atoms with van der Waals surface area (Å²) in [5.74, 6) is 0. The molecule has 1 rings (SSSR count). The van der Waals surface area contributed by atoms with E-state index in [4.69, 9.17) is 0 Å². The van der Waals surface area contributed by atoms with Gasteiger partial charge < -0.3 is 0 Å². The molecule has 0 aliphatic heterocycles. The van der Waals surface area contributed by atoms with Crippen LogP contribution in [0.2, 0.25) is 0 Å². The van der Waals surface area contributed by atoms with Crippen LogP contribution in [0.25, 0.3) is 0 Å². The Balaban J connectivity index is 0.000000371. The molecule has 0 aromatic carbocycles. The van der Waals surface area contributed by atoms with Crippen LogP contribution in [0.4, 0.5) is 0 Å². The van der Waals surface area contributed by atoms with Crippen LogP contribution in [0.15, 0.2) is 12.2 Å². The molecule has 0 radical (unpaired) electrons. The van der Waals surface area contributed by atoms with Gasteiger partial charge in [0.25, 0.3) is 0 Å². The summed E-state index contributed by atoms with van der Waals surface area (Å²) in [4.78, 5) is 0. The first-order valence-corrected chi connectivity index (χ1v) is 5.89. The first-order chi connectivity index (χ1) is 5.00. The molecule has 1 aliphatic rings. The van der Waals surface area contributed by atoms with Gasteiger partial charge in [-0.1, -0.05) is 25.0 Å². The zero-order valence-electron chi connectivity index (χ0n) is 6.11. The Labute approximate surface area is 77.8 Å². The predicted octanol–water partition coefficient (Wildman–Crippen LogP) is 3.58. The third-order valence-corrected chi connectivity index (χ3v) is 1.66. The molecule has 0 aromatic rings. The molecule has 0 saturated heterocycles. The van der Waals surface area contributed by atoms with Gasteiger partial charge in [0.1, 0.15) is 0 Å². The Bertz CT molecular complexity index is 71.3. The van der Waals surface area contributed by atoms with Gasteiger partial charge in [0.2, 0.25) is 0 Å². The van der Waals surface area contributed by atoms with E-state index in [-0.39, 0.29) is 0 Å². The third-order valence-electron chi connectivity index (χ3n) is 1.66. The Morgan fingerprint density at radius 3 is 1.60 bits per heavy atom. The van der Waals surface area contributed by atoms with Gasteiger partial charge in [-0.3, -0.25) is 0 Å². The fourth-order valence-electron chi connectivity index (χ4n) is 1.11. The first-order valence-electron chi connectivity index (χ1n) is 3.78. The monoisotopic (exact) mass is 248 g/mol. The average molecular weight is 249 g/mol. The quantitative estimate of drug-likeness (QED) is 0.454. The van der Waals surface area contributed by atoms with Crippen LogP contribution >= 0.6 is 9.69 Å². The zero-order valence-corrected chi connectivity index (χ0v) is 8.50. The van der Waals surface area contributed by atoms with E-state index in [1.54, 1.807) is 0 Å². The van der Waals surface area contributed by atoms with Gasteiger partial charge in [-0.25, -0.2) is 0 Å². The van der Waals surface area contributed by atoms with Gasteiger partial charge in [0.05, 0.1) is 0 Å². The molecule has 62 valence electrons. The van der Waals surface area contributed by atoms with Crippen molar-refractivity contribution in [3.63, 3.8) is 0 Å². The SMILES string of the molecule is C1=C\CCCCCC/1.[Cl][Rh]. The van der Waals surface area contributed by atoms with Crippen molar-refractivity contribution in [3.8, 4) is 0 Å². The summed E-state index contributed by atoms with van der Waals surface area (Å²) in [6.45, 7) is 0. The van der Waals surface area contributed by atoms with Crippen molar-refractivity contribution in [2.24, 2.45) is 0 Å². The Kier molecular flexibility index (Phi) is 10.3. The van der Waals surface area contributed by atoms with Crippen LogP contribution in [0.1, 0.15) is 38.5 Å². The van der Waals surface area contributed by atoms with E-state index in [1.165, 1.54) is 38.5 Å². The van der Waals surface area contributed by atoms with Crippen molar-refractivity contribution >= 4 is 9.69 Å². The minimum atomic E-state index is 1.32. The van der Waals surface area contributed by atoms with Gasteiger partial charge in [-0.05, 0) is 25.7 Å². The Morgan fingerprint density at radius 1 is 0.800 bits per heavy atom. The first kappa shape index (κ1) is 10.7. The number of halogens is 1. The Morgan fingerprint density at radius 2 is 1.20 bits per heavy atom. The van der Waals surface area contributed by atoms with E-state index in [9.17, 15) is 0 Å². The molecule has 0 atom stereocenters. The van der Waals surface area contributed by atoms with Gasteiger partial charge in [-0.15, -0.1) is 0 Å². The zero-order chi connectivity index (χ0) is 7.66.